The fourth-order valence-electron chi connectivity index (χ4n) is 2.51. The number of hydrogen-bond donors (Lipinski definition) is 0. The highest BCUT2D eigenvalue weighted by molar-refractivity contribution is 5.13. The molecular formula is C18H20N6. The van der Waals surface area contributed by atoms with Gasteiger partial charge in [0.05, 0.1) is 11.4 Å². The first-order valence-corrected chi connectivity index (χ1v) is 8.05. The zero-order valence-corrected chi connectivity index (χ0v) is 14.0. The maximum Gasteiger partial charge on any atom is 0.125 e. The lowest BCUT2D eigenvalue weighted by Gasteiger charge is -2.05. The second-order valence-corrected chi connectivity index (χ2v) is 5.75. The molecule has 3 aromatic rings. The first kappa shape index (κ1) is 16.1. The maximum absolute atomic E-state index is 4.47. The lowest BCUT2D eigenvalue weighted by molar-refractivity contribution is 0.818. The van der Waals surface area contributed by atoms with Gasteiger partial charge in [-0.25, -0.2) is 19.9 Å². The number of rotatable bonds is 6. The van der Waals surface area contributed by atoms with Gasteiger partial charge in [0.15, 0.2) is 0 Å². The summed E-state index contributed by atoms with van der Waals surface area (Å²) in [6.07, 6.45) is 10.4. The highest BCUT2D eigenvalue weighted by atomic mass is 14.9. The Bertz CT molecular complexity index is 753. The van der Waals surface area contributed by atoms with Gasteiger partial charge in [-0.15, -0.1) is 0 Å². The smallest absolute Gasteiger partial charge is 0.125 e. The molecule has 0 N–H and O–H groups in total. The Morgan fingerprint density at radius 1 is 0.750 bits per heavy atom. The van der Waals surface area contributed by atoms with Crippen LogP contribution in [0.15, 0.2) is 37.1 Å². The normalized spacial score (nSPS) is 10.8. The second kappa shape index (κ2) is 7.68. The van der Waals surface area contributed by atoms with Crippen LogP contribution in [-0.4, -0.2) is 29.9 Å². The average molecular weight is 320 g/mol. The zero-order chi connectivity index (χ0) is 16.8. The van der Waals surface area contributed by atoms with Crippen molar-refractivity contribution in [1.29, 1.82) is 0 Å². The zero-order valence-electron chi connectivity index (χ0n) is 14.0. The molecule has 24 heavy (non-hydrogen) atoms. The van der Waals surface area contributed by atoms with Crippen LogP contribution in [0.3, 0.4) is 0 Å². The van der Waals surface area contributed by atoms with Crippen LogP contribution in [0.5, 0.6) is 0 Å². The van der Waals surface area contributed by atoms with E-state index in [4.69, 9.17) is 0 Å². The van der Waals surface area contributed by atoms with E-state index in [1.54, 1.807) is 18.7 Å². The van der Waals surface area contributed by atoms with Gasteiger partial charge in [-0.3, -0.25) is 9.97 Å². The van der Waals surface area contributed by atoms with E-state index in [9.17, 15) is 0 Å². The molecule has 3 heterocycles. The molecule has 0 saturated heterocycles. The van der Waals surface area contributed by atoms with Crippen LogP contribution in [0.2, 0.25) is 0 Å². The Morgan fingerprint density at radius 2 is 1.46 bits per heavy atom. The molecule has 0 aliphatic heterocycles. The van der Waals surface area contributed by atoms with E-state index in [1.165, 1.54) is 0 Å². The highest BCUT2D eigenvalue weighted by Crippen LogP contribution is 2.07. The van der Waals surface area contributed by atoms with Crippen molar-refractivity contribution in [3.8, 4) is 0 Å². The van der Waals surface area contributed by atoms with Crippen molar-refractivity contribution in [1.82, 2.24) is 29.9 Å². The predicted molar refractivity (Wildman–Crippen MR) is 90.4 cm³/mol. The summed E-state index contributed by atoms with van der Waals surface area (Å²) in [6, 6.07) is 4.02. The van der Waals surface area contributed by atoms with E-state index >= 15 is 0 Å². The Hall–Kier alpha value is -2.76. The second-order valence-electron chi connectivity index (χ2n) is 5.75. The molecule has 0 unspecified atom stereocenters. The van der Waals surface area contributed by atoms with Gasteiger partial charge in [-0.2, -0.15) is 0 Å². The number of nitrogens with zero attached hydrogens (tertiary/aromatic N) is 6. The number of aryl methyl sites for hydroxylation is 6. The molecule has 0 aliphatic rings. The Balaban J connectivity index is 1.59. The van der Waals surface area contributed by atoms with Gasteiger partial charge in [0, 0.05) is 35.7 Å². The summed E-state index contributed by atoms with van der Waals surface area (Å²) in [4.78, 5) is 25.9. The summed E-state index contributed by atoms with van der Waals surface area (Å²) in [5.41, 5.74) is 5.04. The lowest BCUT2D eigenvalue weighted by Crippen LogP contribution is -2.03. The summed E-state index contributed by atoms with van der Waals surface area (Å²) in [5.74, 6) is 0.801. The Labute approximate surface area is 141 Å². The summed E-state index contributed by atoms with van der Waals surface area (Å²) < 4.78 is 0. The Morgan fingerprint density at radius 3 is 2.17 bits per heavy atom. The number of hydrogen-bond acceptors (Lipinski definition) is 6. The molecule has 0 atom stereocenters. The monoisotopic (exact) mass is 320 g/mol. The minimum absolute atomic E-state index is 0.801. The van der Waals surface area contributed by atoms with Crippen molar-refractivity contribution in [3.63, 3.8) is 0 Å². The first-order valence-electron chi connectivity index (χ1n) is 8.05. The summed E-state index contributed by atoms with van der Waals surface area (Å²) in [5, 5.41) is 0. The van der Waals surface area contributed by atoms with Gasteiger partial charge in [0.2, 0.25) is 0 Å². The van der Waals surface area contributed by atoms with E-state index < -0.39 is 0 Å². The molecule has 0 bridgehead atoms. The highest BCUT2D eigenvalue weighted by Gasteiger charge is 2.04. The minimum Gasteiger partial charge on any atom is -0.261 e. The van der Waals surface area contributed by atoms with Gasteiger partial charge >= 0.3 is 0 Å². The summed E-state index contributed by atoms with van der Waals surface area (Å²) >= 11 is 0. The van der Waals surface area contributed by atoms with E-state index in [-0.39, 0.29) is 0 Å². The largest absolute Gasteiger partial charge is 0.261 e. The molecule has 6 nitrogen and oxygen atoms in total. The van der Waals surface area contributed by atoms with Crippen molar-refractivity contribution in [2.75, 3.05) is 0 Å². The lowest BCUT2D eigenvalue weighted by atomic mass is 10.1. The van der Waals surface area contributed by atoms with E-state index in [0.717, 1.165) is 60.0 Å². The van der Waals surface area contributed by atoms with Crippen LogP contribution >= 0.6 is 0 Å². The third kappa shape index (κ3) is 4.62. The minimum atomic E-state index is 0.801. The fraction of sp³-hybridized carbons (Fsp3) is 0.333. The molecule has 0 fully saturated rings. The van der Waals surface area contributed by atoms with Crippen LogP contribution in [0.1, 0.15) is 34.3 Å². The maximum atomic E-state index is 4.47. The Kier molecular flexibility index (Phi) is 5.15. The molecule has 3 rings (SSSR count). The standard InChI is InChI=1S/C18H20N6/c1-13-10-19-11-18(23-13)6-5-17-9-16(21-12-22-17)4-3-15-7-8-20-14(2)24-15/h7-12H,3-6H2,1-2H3. The molecule has 0 aromatic carbocycles. The van der Waals surface area contributed by atoms with Crippen LogP contribution < -0.4 is 0 Å². The van der Waals surface area contributed by atoms with Crippen LogP contribution in [-0.2, 0) is 25.7 Å². The molecule has 0 radical (unpaired) electrons. The average Bonchev–Trinajstić information content (AvgIpc) is 2.59. The molecule has 0 spiro atoms. The third-order valence-corrected chi connectivity index (χ3v) is 3.69. The SMILES string of the molecule is Cc1cncc(CCc2cc(CCc3ccnc(C)n3)ncn2)n1. The van der Waals surface area contributed by atoms with Gasteiger partial charge < -0.3 is 0 Å². The fourth-order valence-corrected chi connectivity index (χ4v) is 2.51. The molecule has 0 amide bonds. The third-order valence-electron chi connectivity index (χ3n) is 3.69. The quantitative estimate of drug-likeness (QED) is 0.693. The van der Waals surface area contributed by atoms with Gasteiger partial charge in [-0.1, -0.05) is 0 Å². The van der Waals surface area contributed by atoms with E-state index in [2.05, 4.69) is 36.0 Å². The number of aromatic nitrogens is 6. The molecule has 0 saturated carbocycles. The molecular weight excluding hydrogens is 300 g/mol. The predicted octanol–water partition coefficient (Wildman–Crippen LogP) is 2.24. The van der Waals surface area contributed by atoms with Gasteiger partial charge in [0.1, 0.15) is 12.2 Å². The van der Waals surface area contributed by atoms with Gasteiger partial charge in [-0.05, 0) is 51.7 Å². The molecule has 3 aromatic heterocycles. The van der Waals surface area contributed by atoms with Crippen molar-refractivity contribution >= 4 is 0 Å². The van der Waals surface area contributed by atoms with Crippen LogP contribution in [0.25, 0.3) is 0 Å². The van der Waals surface area contributed by atoms with Crippen molar-refractivity contribution in [2.45, 2.75) is 39.5 Å². The summed E-state index contributed by atoms with van der Waals surface area (Å²) in [6.45, 7) is 3.86. The van der Waals surface area contributed by atoms with Crippen LogP contribution in [0, 0.1) is 13.8 Å². The van der Waals surface area contributed by atoms with Crippen LogP contribution in [0.4, 0.5) is 0 Å². The first-order chi connectivity index (χ1) is 11.7. The van der Waals surface area contributed by atoms with E-state index in [0.29, 0.717) is 0 Å². The van der Waals surface area contributed by atoms with E-state index in [1.807, 2.05) is 26.1 Å². The van der Waals surface area contributed by atoms with Crippen molar-refractivity contribution in [2.24, 2.45) is 0 Å². The molecule has 122 valence electrons. The summed E-state index contributed by atoms with van der Waals surface area (Å²) in [7, 11) is 0. The van der Waals surface area contributed by atoms with Crippen molar-refractivity contribution in [3.05, 3.63) is 71.3 Å². The van der Waals surface area contributed by atoms with Gasteiger partial charge in [0.25, 0.3) is 0 Å². The molecule has 0 aliphatic carbocycles. The van der Waals surface area contributed by atoms with Crippen molar-refractivity contribution < 1.29 is 0 Å². The topological polar surface area (TPSA) is 77.3 Å². The molecule has 6 heteroatoms.